The summed E-state index contributed by atoms with van der Waals surface area (Å²) in [4.78, 5) is 27.0. The van der Waals surface area contributed by atoms with Crippen LogP contribution in [-0.2, 0) is 29.2 Å². The normalized spacial score (nSPS) is 33.0. The van der Waals surface area contributed by atoms with Crippen LogP contribution in [0.3, 0.4) is 0 Å². The summed E-state index contributed by atoms with van der Waals surface area (Å²) in [5.41, 5.74) is 0.0971. The number of carbonyl (C=O) groups excluding carboxylic acids is 2. The molecular formula is C29H42O5. The number of carbonyl (C=O) groups is 2. The van der Waals surface area contributed by atoms with Crippen molar-refractivity contribution in [2.24, 2.45) is 23.2 Å². The molecule has 4 rings (SSSR count). The zero-order valence-electron chi connectivity index (χ0n) is 21.6. The fourth-order valence-corrected chi connectivity index (χ4v) is 7.12. The van der Waals surface area contributed by atoms with Crippen LogP contribution in [0.5, 0.6) is 0 Å². The van der Waals surface area contributed by atoms with Gasteiger partial charge in [0.05, 0.1) is 0 Å². The molecule has 5 atom stereocenters. The number of hydrogen-bond donors (Lipinski definition) is 0. The quantitative estimate of drug-likeness (QED) is 0.353. The molecule has 0 bridgehead atoms. The molecule has 3 fully saturated rings. The minimum absolute atomic E-state index is 0.137. The lowest BCUT2D eigenvalue weighted by molar-refractivity contribution is -0.364. The molecular weight excluding hydrogens is 428 g/mol. The van der Waals surface area contributed by atoms with Crippen molar-refractivity contribution in [2.75, 3.05) is 13.2 Å². The number of benzene rings is 1. The summed E-state index contributed by atoms with van der Waals surface area (Å²) in [5, 5.41) is 0. The molecule has 1 aromatic carbocycles. The molecule has 0 unspecified atom stereocenters. The molecule has 188 valence electrons. The van der Waals surface area contributed by atoms with Crippen molar-refractivity contribution in [3.8, 4) is 0 Å². The number of ketones is 1. The Bertz CT molecular complexity index is 872. The Balaban J connectivity index is 1.65. The van der Waals surface area contributed by atoms with E-state index in [1.54, 1.807) is 0 Å². The van der Waals surface area contributed by atoms with Crippen LogP contribution in [0.4, 0.5) is 0 Å². The molecule has 0 amide bonds. The van der Waals surface area contributed by atoms with Crippen molar-refractivity contribution in [3.05, 3.63) is 35.9 Å². The molecule has 5 nitrogen and oxygen atoms in total. The lowest BCUT2D eigenvalue weighted by atomic mass is 9.48. The molecule has 0 N–H and O–H groups in total. The zero-order valence-corrected chi connectivity index (χ0v) is 21.6. The standard InChI is InChI=1S/C29H42O5/c1-6-32-29(33-7-2)19-23-24(30)14-11-17-28(23,29)26(31)34-25-18-20(3)15-16-22(25)27(4,5)21-12-9-8-10-13-21/h8-10,12-13,20,22-23,25H,6-7,11,14-19H2,1-5H3/t20-,22+,23-,25+,28+/m1/s1. The minimum atomic E-state index is -1.06. The van der Waals surface area contributed by atoms with Crippen molar-refractivity contribution in [3.63, 3.8) is 0 Å². The summed E-state index contributed by atoms with van der Waals surface area (Å²) in [6, 6.07) is 10.5. The maximum atomic E-state index is 14.1. The van der Waals surface area contributed by atoms with Crippen LogP contribution in [0.2, 0.25) is 0 Å². The number of rotatable bonds is 8. The van der Waals surface area contributed by atoms with E-state index < -0.39 is 11.2 Å². The van der Waals surface area contributed by atoms with E-state index in [0.717, 1.165) is 19.3 Å². The van der Waals surface area contributed by atoms with Crippen LogP contribution < -0.4 is 0 Å². The molecule has 0 saturated heterocycles. The van der Waals surface area contributed by atoms with Gasteiger partial charge in [-0.1, -0.05) is 57.5 Å². The van der Waals surface area contributed by atoms with Gasteiger partial charge in [0.15, 0.2) is 5.79 Å². The fraction of sp³-hybridized carbons (Fsp3) is 0.724. The first-order valence-electron chi connectivity index (χ1n) is 13.3. The Morgan fingerprint density at radius 1 is 1.09 bits per heavy atom. The molecule has 0 radical (unpaired) electrons. The van der Waals surface area contributed by atoms with Gasteiger partial charge in [0.25, 0.3) is 0 Å². The highest BCUT2D eigenvalue weighted by molar-refractivity contribution is 5.93. The second-order valence-corrected chi connectivity index (χ2v) is 11.2. The molecule has 34 heavy (non-hydrogen) atoms. The van der Waals surface area contributed by atoms with Gasteiger partial charge in [0, 0.05) is 37.9 Å². The van der Waals surface area contributed by atoms with E-state index in [9.17, 15) is 9.59 Å². The number of esters is 1. The first-order valence-corrected chi connectivity index (χ1v) is 13.3. The van der Waals surface area contributed by atoms with Crippen LogP contribution in [-0.4, -0.2) is 36.9 Å². The third kappa shape index (κ3) is 4.03. The second kappa shape index (κ2) is 9.73. The van der Waals surface area contributed by atoms with E-state index in [1.807, 2.05) is 19.9 Å². The van der Waals surface area contributed by atoms with Crippen LogP contribution in [0.25, 0.3) is 0 Å². The van der Waals surface area contributed by atoms with E-state index in [-0.39, 0.29) is 35.1 Å². The van der Waals surface area contributed by atoms with Gasteiger partial charge in [0.2, 0.25) is 0 Å². The SMILES string of the molecule is CCOC1(OCC)C[C@@H]2C(=O)CCC[C@@]21C(=O)O[C@H]1C[C@H](C)CC[C@@H]1C(C)(C)c1ccccc1. The molecule has 0 heterocycles. The minimum Gasteiger partial charge on any atom is -0.461 e. The van der Waals surface area contributed by atoms with Gasteiger partial charge < -0.3 is 14.2 Å². The van der Waals surface area contributed by atoms with Crippen molar-refractivity contribution in [1.29, 1.82) is 0 Å². The number of fused-ring (bicyclic) bond motifs is 1. The Morgan fingerprint density at radius 2 is 1.76 bits per heavy atom. The fourth-order valence-electron chi connectivity index (χ4n) is 7.12. The summed E-state index contributed by atoms with van der Waals surface area (Å²) < 4.78 is 18.8. The van der Waals surface area contributed by atoms with E-state index in [2.05, 4.69) is 45.0 Å². The molecule has 0 aliphatic heterocycles. The summed E-state index contributed by atoms with van der Waals surface area (Å²) in [7, 11) is 0. The summed E-state index contributed by atoms with van der Waals surface area (Å²) in [6.45, 7) is 11.5. The average Bonchev–Trinajstić information content (AvgIpc) is 2.80. The van der Waals surface area contributed by atoms with Gasteiger partial charge in [0.1, 0.15) is 17.3 Å². The molecule has 5 heteroatoms. The first-order chi connectivity index (χ1) is 16.2. The topological polar surface area (TPSA) is 61.8 Å². The number of hydrogen-bond acceptors (Lipinski definition) is 5. The Hall–Kier alpha value is -1.72. The van der Waals surface area contributed by atoms with E-state index >= 15 is 0 Å². The molecule has 3 saturated carbocycles. The molecule has 0 spiro atoms. The highest BCUT2D eigenvalue weighted by atomic mass is 16.7. The molecule has 3 aliphatic rings. The average molecular weight is 471 g/mol. The van der Waals surface area contributed by atoms with E-state index in [1.165, 1.54) is 5.56 Å². The van der Waals surface area contributed by atoms with Crippen molar-refractivity contribution < 1.29 is 23.8 Å². The Kier molecular flexibility index (Phi) is 7.26. The summed E-state index contributed by atoms with van der Waals surface area (Å²) in [6.07, 6.45) is 5.02. The maximum absolute atomic E-state index is 14.1. The number of Topliss-reactive ketones (excluding diaryl/α,β-unsaturated/α-hetero) is 1. The summed E-state index contributed by atoms with van der Waals surface area (Å²) in [5.74, 6) is -0.861. The zero-order chi connectivity index (χ0) is 24.6. The molecule has 1 aromatic rings. The monoisotopic (exact) mass is 470 g/mol. The summed E-state index contributed by atoms with van der Waals surface area (Å²) >= 11 is 0. The van der Waals surface area contributed by atoms with Crippen LogP contribution in [0.1, 0.15) is 85.1 Å². The van der Waals surface area contributed by atoms with Gasteiger partial charge in [-0.2, -0.15) is 0 Å². The highest BCUT2D eigenvalue weighted by Gasteiger charge is 2.75. The van der Waals surface area contributed by atoms with Gasteiger partial charge >= 0.3 is 5.97 Å². The highest BCUT2D eigenvalue weighted by Crippen LogP contribution is 2.63. The van der Waals surface area contributed by atoms with Gasteiger partial charge in [-0.15, -0.1) is 0 Å². The van der Waals surface area contributed by atoms with Crippen molar-refractivity contribution in [2.45, 2.75) is 96.9 Å². The van der Waals surface area contributed by atoms with Crippen LogP contribution in [0.15, 0.2) is 30.3 Å². The van der Waals surface area contributed by atoms with Crippen molar-refractivity contribution in [1.82, 2.24) is 0 Å². The molecule has 3 aliphatic carbocycles. The van der Waals surface area contributed by atoms with Gasteiger partial charge in [-0.25, -0.2) is 0 Å². The largest absolute Gasteiger partial charge is 0.461 e. The van der Waals surface area contributed by atoms with Crippen LogP contribution in [0, 0.1) is 23.2 Å². The van der Waals surface area contributed by atoms with E-state index in [0.29, 0.717) is 44.8 Å². The Labute approximate surface area is 204 Å². The maximum Gasteiger partial charge on any atom is 0.318 e. The predicted octanol–water partition coefficient (Wildman–Crippen LogP) is 5.84. The smallest absolute Gasteiger partial charge is 0.318 e. The second-order valence-electron chi connectivity index (χ2n) is 11.2. The van der Waals surface area contributed by atoms with Gasteiger partial charge in [-0.05, 0) is 56.4 Å². The van der Waals surface area contributed by atoms with E-state index in [4.69, 9.17) is 14.2 Å². The lowest BCUT2D eigenvalue weighted by Gasteiger charge is -2.62. The lowest BCUT2D eigenvalue weighted by Crippen LogP contribution is -2.73. The third-order valence-electron chi connectivity index (χ3n) is 9.01. The first kappa shape index (κ1) is 25.4. The molecule has 0 aromatic heterocycles. The van der Waals surface area contributed by atoms with Crippen LogP contribution >= 0.6 is 0 Å². The predicted molar refractivity (Wildman–Crippen MR) is 131 cm³/mol. The van der Waals surface area contributed by atoms with Gasteiger partial charge in [-0.3, -0.25) is 9.59 Å². The Morgan fingerprint density at radius 3 is 2.41 bits per heavy atom. The third-order valence-corrected chi connectivity index (χ3v) is 9.01. The van der Waals surface area contributed by atoms with Crippen molar-refractivity contribution >= 4 is 11.8 Å². The number of ether oxygens (including phenoxy) is 3.